The Morgan fingerprint density at radius 2 is 2.12 bits per heavy atom. The molecule has 0 atom stereocenters. The topological polar surface area (TPSA) is 48.1 Å². The monoisotopic (exact) mass is 248 g/mol. The van der Waals surface area contributed by atoms with Crippen molar-refractivity contribution >= 4 is 11.6 Å². The molecule has 17 heavy (non-hydrogen) atoms. The Balaban J connectivity index is 2.54. The first-order valence-electron chi connectivity index (χ1n) is 5.23. The highest BCUT2D eigenvalue weighted by Gasteiger charge is 2.06. The fourth-order valence-corrected chi connectivity index (χ4v) is 1.86. The van der Waals surface area contributed by atoms with Crippen molar-refractivity contribution in [2.45, 2.75) is 6.54 Å². The summed E-state index contributed by atoms with van der Waals surface area (Å²) >= 11 is 6.01. The van der Waals surface area contributed by atoms with Gasteiger partial charge in [-0.3, -0.25) is 0 Å². The zero-order valence-electron chi connectivity index (χ0n) is 9.48. The number of hydrogen-bond acceptors (Lipinski definition) is 3. The van der Waals surface area contributed by atoms with Crippen molar-refractivity contribution in [2.24, 2.45) is 5.73 Å². The van der Waals surface area contributed by atoms with Gasteiger partial charge in [-0.15, -0.1) is 0 Å². The quantitative estimate of drug-likeness (QED) is 0.909. The lowest BCUT2D eigenvalue weighted by Crippen LogP contribution is -1.99. The van der Waals surface area contributed by atoms with Gasteiger partial charge in [0.1, 0.15) is 0 Å². The van der Waals surface area contributed by atoms with Gasteiger partial charge in [-0.2, -0.15) is 0 Å². The van der Waals surface area contributed by atoms with Crippen LogP contribution in [0.2, 0.25) is 5.02 Å². The molecule has 0 aliphatic heterocycles. The minimum atomic E-state index is 0.469. The van der Waals surface area contributed by atoms with Crippen molar-refractivity contribution in [2.75, 3.05) is 7.11 Å². The molecule has 0 aliphatic carbocycles. The Morgan fingerprint density at radius 1 is 1.29 bits per heavy atom. The molecular weight excluding hydrogens is 236 g/mol. The van der Waals surface area contributed by atoms with Crippen LogP contribution in [0.25, 0.3) is 11.1 Å². The van der Waals surface area contributed by atoms with Crippen molar-refractivity contribution in [1.82, 2.24) is 4.98 Å². The maximum Gasteiger partial charge on any atom is 0.213 e. The Kier molecular flexibility index (Phi) is 3.61. The summed E-state index contributed by atoms with van der Waals surface area (Å²) in [6, 6.07) is 9.45. The van der Waals surface area contributed by atoms with Crippen LogP contribution in [-0.4, -0.2) is 12.1 Å². The lowest BCUT2D eigenvalue weighted by molar-refractivity contribution is 0.398. The van der Waals surface area contributed by atoms with Crippen LogP contribution in [0.1, 0.15) is 5.56 Å². The first-order chi connectivity index (χ1) is 8.24. The summed E-state index contributed by atoms with van der Waals surface area (Å²) in [6.07, 6.45) is 1.70. The van der Waals surface area contributed by atoms with Crippen molar-refractivity contribution in [3.63, 3.8) is 0 Å². The molecule has 0 amide bonds. The Bertz CT molecular complexity index is 529. The molecule has 0 aliphatic rings. The number of ether oxygens (including phenoxy) is 1. The molecule has 4 heteroatoms. The average molecular weight is 249 g/mol. The molecule has 0 saturated heterocycles. The van der Waals surface area contributed by atoms with Crippen molar-refractivity contribution < 1.29 is 4.74 Å². The highest BCUT2D eigenvalue weighted by atomic mass is 35.5. The lowest BCUT2D eigenvalue weighted by atomic mass is 10.0. The first-order valence-corrected chi connectivity index (χ1v) is 5.61. The first kappa shape index (κ1) is 11.9. The number of rotatable bonds is 3. The second-order valence-electron chi connectivity index (χ2n) is 3.59. The molecule has 0 bridgehead atoms. The minimum absolute atomic E-state index is 0.469. The molecule has 1 aromatic carbocycles. The smallest absolute Gasteiger partial charge is 0.213 e. The highest BCUT2D eigenvalue weighted by Crippen LogP contribution is 2.28. The molecule has 2 aromatic rings. The van der Waals surface area contributed by atoms with E-state index in [0.29, 0.717) is 17.4 Å². The Morgan fingerprint density at radius 3 is 2.82 bits per heavy atom. The van der Waals surface area contributed by atoms with Crippen LogP contribution in [0, 0.1) is 0 Å². The highest BCUT2D eigenvalue weighted by molar-refractivity contribution is 6.30. The minimum Gasteiger partial charge on any atom is -0.481 e. The normalized spacial score (nSPS) is 10.3. The third kappa shape index (κ3) is 2.57. The van der Waals surface area contributed by atoms with Crippen LogP contribution >= 0.6 is 11.6 Å². The van der Waals surface area contributed by atoms with Gasteiger partial charge in [0.05, 0.1) is 7.11 Å². The van der Waals surface area contributed by atoms with Gasteiger partial charge in [-0.05, 0) is 34.9 Å². The number of benzene rings is 1. The van der Waals surface area contributed by atoms with E-state index in [0.717, 1.165) is 16.7 Å². The largest absolute Gasteiger partial charge is 0.481 e. The van der Waals surface area contributed by atoms with Crippen molar-refractivity contribution in [1.29, 1.82) is 0 Å². The molecule has 2 rings (SSSR count). The molecule has 1 aromatic heterocycles. The summed E-state index contributed by atoms with van der Waals surface area (Å²) in [7, 11) is 1.59. The van der Waals surface area contributed by atoms with Crippen LogP contribution in [0.3, 0.4) is 0 Å². The molecule has 0 unspecified atom stereocenters. The van der Waals surface area contributed by atoms with Gasteiger partial charge in [0.2, 0.25) is 5.88 Å². The van der Waals surface area contributed by atoms with Gasteiger partial charge < -0.3 is 10.5 Å². The second-order valence-corrected chi connectivity index (χ2v) is 4.03. The number of halogens is 1. The standard InChI is InChI=1S/C13H13ClN2O/c1-17-13-6-9(4-5-16-13)12-7-11(14)3-2-10(12)8-15/h2-7H,8,15H2,1H3. The molecule has 0 saturated carbocycles. The molecule has 2 N–H and O–H groups in total. The van der Waals surface area contributed by atoms with Gasteiger partial charge >= 0.3 is 0 Å². The maximum atomic E-state index is 6.01. The number of nitrogens with two attached hydrogens (primary N) is 1. The summed E-state index contributed by atoms with van der Waals surface area (Å²) in [5, 5.41) is 0.688. The molecule has 0 spiro atoms. The van der Waals surface area contributed by atoms with Gasteiger partial charge in [-0.1, -0.05) is 17.7 Å². The summed E-state index contributed by atoms with van der Waals surface area (Å²) in [5.74, 6) is 0.574. The van der Waals surface area contributed by atoms with E-state index in [4.69, 9.17) is 22.1 Å². The predicted octanol–water partition coefficient (Wildman–Crippen LogP) is 2.87. The van der Waals surface area contributed by atoms with E-state index in [2.05, 4.69) is 4.98 Å². The van der Waals surface area contributed by atoms with Crippen LogP contribution in [-0.2, 0) is 6.54 Å². The average Bonchev–Trinajstić information content (AvgIpc) is 2.39. The fraction of sp³-hybridized carbons (Fsp3) is 0.154. The SMILES string of the molecule is COc1cc(-c2cc(Cl)ccc2CN)ccn1. The number of pyridine rings is 1. The summed E-state index contributed by atoms with van der Waals surface area (Å²) in [5.41, 5.74) is 8.78. The zero-order chi connectivity index (χ0) is 12.3. The number of methoxy groups -OCH3 is 1. The van der Waals surface area contributed by atoms with Crippen LogP contribution in [0.5, 0.6) is 5.88 Å². The van der Waals surface area contributed by atoms with Gasteiger partial charge in [0.25, 0.3) is 0 Å². The summed E-state index contributed by atoms with van der Waals surface area (Å²) in [4.78, 5) is 4.07. The van der Waals surface area contributed by atoms with Crippen LogP contribution < -0.4 is 10.5 Å². The molecule has 3 nitrogen and oxygen atoms in total. The van der Waals surface area contributed by atoms with Crippen molar-refractivity contribution in [3.05, 3.63) is 47.1 Å². The van der Waals surface area contributed by atoms with E-state index in [9.17, 15) is 0 Å². The maximum absolute atomic E-state index is 6.01. The van der Waals surface area contributed by atoms with E-state index in [1.54, 1.807) is 13.3 Å². The van der Waals surface area contributed by atoms with E-state index in [1.165, 1.54) is 0 Å². The Labute approximate surface area is 105 Å². The molecule has 0 radical (unpaired) electrons. The molecular formula is C13H13ClN2O. The molecule has 1 heterocycles. The van der Waals surface area contributed by atoms with Crippen LogP contribution in [0.4, 0.5) is 0 Å². The number of hydrogen-bond donors (Lipinski definition) is 1. The van der Waals surface area contributed by atoms with Gasteiger partial charge in [0, 0.05) is 23.8 Å². The predicted molar refractivity (Wildman–Crippen MR) is 69.1 cm³/mol. The summed E-state index contributed by atoms with van der Waals surface area (Å²) < 4.78 is 5.10. The number of nitrogens with zero attached hydrogens (tertiary/aromatic N) is 1. The zero-order valence-corrected chi connectivity index (χ0v) is 10.2. The molecule has 88 valence electrons. The second kappa shape index (κ2) is 5.17. The third-order valence-electron chi connectivity index (χ3n) is 2.55. The van der Waals surface area contributed by atoms with Crippen LogP contribution in [0.15, 0.2) is 36.5 Å². The van der Waals surface area contributed by atoms with E-state index in [-0.39, 0.29) is 0 Å². The van der Waals surface area contributed by atoms with Crippen molar-refractivity contribution in [3.8, 4) is 17.0 Å². The fourth-order valence-electron chi connectivity index (χ4n) is 1.68. The third-order valence-corrected chi connectivity index (χ3v) is 2.78. The Hall–Kier alpha value is -1.58. The van der Waals surface area contributed by atoms with Gasteiger partial charge in [-0.25, -0.2) is 4.98 Å². The van der Waals surface area contributed by atoms with E-state index >= 15 is 0 Å². The lowest BCUT2D eigenvalue weighted by Gasteiger charge is -2.09. The van der Waals surface area contributed by atoms with E-state index < -0.39 is 0 Å². The van der Waals surface area contributed by atoms with E-state index in [1.807, 2.05) is 30.3 Å². The summed E-state index contributed by atoms with van der Waals surface area (Å²) in [6.45, 7) is 0.469. The molecule has 0 fully saturated rings. The van der Waals surface area contributed by atoms with Gasteiger partial charge in [0.15, 0.2) is 0 Å². The number of aromatic nitrogens is 1.